The second-order valence-electron chi connectivity index (χ2n) is 5.43. The van der Waals surface area contributed by atoms with E-state index < -0.39 is 5.41 Å². The van der Waals surface area contributed by atoms with Gasteiger partial charge in [-0.2, -0.15) is 0 Å². The van der Waals surface area contributed by atoms with Gasteiger partial charge in [0.2, 0.25) is 5.91 Å². The van der Waals surface area contributed by atoms with Crippen LogP contribution >= 0.6 is 12.2 Å². The van der Waals surface area contributed by atoms with E-state index in [0.717, 1.165) is 38.5 Å². The highest BCUT2D eigenvalue weighted by atomic mass is 32.1. The first-order chi connectivity index (χ1) is 8.51. The maximum atomic E-state index is 12.5. The van der Waals surface area contributed by atoms with E-state index in [1.165, 1.54) is 0 Å². The van der Waals surface area contributed by atoms with E-state index in [4.69, 9.17) is 18.0 Å². The zero-order chi connectivity index (χ0) is 13.8. The van der Waals surface area contributed by atoms with Crippen LogP contribution in [0.5, 0.6) is 0 Å². The summed E-state index contributed by atoms with van der Waals surface area (Å²) in [7, 11) is 0. The first kappa shape index (κ1) is 15.4. The lowest BCUT2D eigenvalue weighted by molar-refractivity contribution is -0.128. The fourth-order valence-electron chi connectivity index (χ4n) is 2.75. The number of hydrogen-bond acceptors (Lipinski definition) is 2. The van der Waals surface area contributed by atoms with Crippen LogP contribution in [0.1, 0.15) is 59.3 Å². The van der Waals surface area contributed by atoms with Crippen molar-refractivity contribution in [3.63, 3.8) is 0 Å². The van der Waals surface area contributed by atoms with E-state index in [2.05, 4.69) is 26.1 Å². The standard InChI is InChI=1S/C14H26N2OS/c1-4-7-14(8-5-2,12(15)18)13(17)16-11-9-10(11)6-3/h10-11H,4-9H2,1-3H3,(H2,15,18)(H,16,17). The van der Waals surface area contributed by atoms with Gasteiger partial charge >= 0.3 is 0 Å². The smallest absolute Gasteiger partial charge is 0.233 e. The molecule has 1 rings (SSSR count). The van der Waals surface area contributed by atoms with Crippen LogP contribution in [0.4, 0.5) is 0 Å². The van der Waals surface area contributed by atoms with Gasteiger partial charge in [0.25, 0.3) is 0 Å². The highest BCUT2D eigenvalue weighted by Gasteiger charge is 2.44. The third kappa shape index (κ3) is 3.22. The second-order valence-corrected chi connectivity index (χ2v) is 5.87. The molecule has 0 radical (unpaired) electrons. The van der Waals surface area contributed by atoms with Gasteiger partial charge in [0.05, 0.1) is 10.4 Å². The van der Waals surface area contributed by atoms with E-state index in [9.17, 15) is 4.79 Å². The Morgan fingerprint density at radius 2 is 1.89 bits per heavy atom. The predicted octanol–water partition coefficient (Wildman–Crippen LogP) is 2.77. The Morgan fingerprint density at radius 3 is 2.22 bits per heavy atom. The number of hydrogen-bond donors (Lipinski definition) is 2. The minimum Gasteiger partial charge on any atom is -0.392 e. The van der Waals surface area contributed by atoms with Crippen molar-refractivity contribution in [3.8, 4) is 0 Å². The van der Waals surface area contributed by atoms with Gasteiger partial charge in [-0.15, -0.1) is 0 Å². The number of carbonyl (C=O) groups excluding carboxylic acids is 1. The summed E-state index contributed by atoms with van der Waals surface area (Å²) >= 11 is 5.18. The maximum absolute atomic E-state index is 12.5. The first-order valence-electron chi connectivity index (χ1n) is 7.12. The maximum Gasteiger partial charge on any atom is 0.233 e. The Morgan fingerprint density at radius 1 is 1.33 bits per heavy atom. The third-order valence-corrected chi connectivity index (χ3v) is 4.41. The summed E-state index contributed by atoms with van der Waals surface area (Å²) < 4.78 is 0. The Labute approximate surface area is 116 Å². The number of nitrogens with two attached hydrogens (primary N) is 1. The number of amides is 1. The average molecular weight is 270 g/mol. The van der Waals surface area contributed by atoms with Crippen LogP contribution in [0.2, 0.25) is 0 Å². The molecule has 18 heavy (non-hydrogen) atoms. The van der Waals surface area contributed by atoms with E-state index in [1.54, 1.807) is 0 Å². The van der Waals surface area contributed by atoms with Crippen molar-refractivity contribution in [1.29, 1.82) is 0 Å². The lowest BCUT2D eigenvalue weighted by Gasteiger charge is -2.31. The highest BCUT2D eigenvalue weighted by molar-refractivity contribution is 7.80. The van der Waals surface area contributed by atoms with E-state index in [-0.39, 0.29) is 5.91 Å². The lowest BCUT2D eigenvalue weighted by Crippen LogP contribution is -2.49. The summed E-state index contributed by atoms with van der Waals surface area (Å²) in [5, 5.41) is 3.14. The van der Waals surface area contributed by atoms with Gasteiger partial charge in [-0.25, -0.2) is 0 Å². The van der Waals surface area contributed by atoms with Gasteiger partial charge in [0, 0.05) is 6.04 Å². The summed E-state index contributed by atoms with van der Waals surface area (Å²) in [6, 6.07) is 0.352. The van der Waals surface area contributed by atoms with Crippen LogP contribution in [0.15, 0.2) is 0 Å². The molecule has 4 heteroatoms. The summed E-state index contributed by atoms with van der Waals surface area (Å²) in [5.74, 6) is 0.709. The molecule has 1 amide bonds. The molecule has 2 unspecified atom stereocenters. The molecular formula is C14H26N2OS. The summed E-state index contributed by atoms with van der Waals surface area (Å²) in [5.41, 5.74) is 5.25. The molecule has 1 saturated carbocycles. The van der Waals surface area contributed by atoms with E-state index >= 15 is 0 Å². The molecule has 0 saturated heterocycles. The minimum atomic E-state index is -0.625. The lowest BCUT2D eigenvalue weighted by atomic mass is 9.78. The molecule has 0 heterocycles. The summed E-state index contributed by atoms with van der Waals surface area (Å²) in [4.78, 5) is 12.9. The quantitative estimate of drug-likeness (QED) is 0.667. The number of rotatable bonds is 8. The van der Waals surface area contributed by atoms with Gasteiger partial charge in [0.15, 0.2) is 0 Å². The monoisotopic (exact) mass is 270 g/mol. The van der Waals surface area contributed by atoms with Gasteiger partial charge in [-0.1, -0.05) is 52.3 Å². The number of nitrogens with one attached hydrogen (secondary N) is 1. The topological polar surface area (TPSA) is 55.1 Å². The summed E-state index contributed by atoms with van der Waals surface area (Å²) in [6.07, 6.45) is 5.59. The normalized spacial score (nSPS) is 22.6. The van der Waals surface area contributed by atoms with E-state index in [1.807, 2.05) is 0 Å². The van der Waals surface area contributed by atoms with Crippen LogP contribution in [0.25, 0.3) is 0 Å². The largest absolute Gasteiger partial charge is 0.392 e. The molecular weight excluding hydrogens is 244 g/mol. The van der Waals surface area contributed by atoms with Crippen molar-refractivity contribution in [2.75, 3.05) is 0 Å². The molecule has 0 spiro atoms. The molecule has 0 bridgehead atoms. The van der Waals surface area contributed by atoms with Crippen LogP contribution in [0.3, 0.4) is 0 Å². The molecule has 3 N–H and O–H groups in total. The highest BCUT2D eigenvalue weighted by Crippen LogP contribution is 2.36. The summed E-state index contributed by atoms with van der Waals surface area (Å²) in [6.45, 7) is 6.31. The molecule has 0 aromatic carbocycles. The molecule has 0 aromatic heterocycles. The van der Waals surface area contributed by atoms with Crippen LogP contribution in [-0.2, 0) is 4.79 Å². The molecule has 3 nitrogen and oxygen atoms in total. The predicted molar refractivity (Wildman–Crippen MR) is 79.4 cm³/mol. The SMILES string of the molecule is CCCC(CCC)(C(=O)NC1CC1CC)C(N)=S. The van der Waals surface area contributed by atoms with Crippen molar-refractivity contribution < 1.29 is 4.79 Å². The zero-order valence-electron chi connectivity index (χ0n) is 11.8. The second kappa shape index (κ2) is 6.50. The van der Waals surface area contributed by atoms with Crippen LogP contribution < -0.4 is 11.1 Å². The Balaban J connectivity index is 2.74. The van der Waals surface area contributed by atoms with Crippen LogP contribution in [0, 0.1) is 11.3 Å². The van der Waals surface area contributed by atoms with Crippen molar-refractivity contribution in [2.24, 2.45) is 17.1 Å². The van der Waals surface area contributed by atoms with Crippen molar-refractivity contribution in [3.05, 3.63) is 0 Å². The van der Waals surface area contributed by atoms with Crippen LogP contribution in [-0.4, -0.2) is 16.9 Å². The van der Waals surface area contributed by atoms with Crippen molar-refractivity contribution in [2.45, 2.75) is 65.3 Å². The van der Waals surface area contributed by atoms with Gasteiger partial charge in [-0.3, -0.25) is 4.79 Å². The van der Waals surface area contributed by atoms with E-state index in [0.29, 0.717) is 16.9 Å². The molecule has 0 aliphatic heterocycles. The molecule has 1 aliphatic rings. The molecule has 0 aromatic rings. The van der Waals surface area contributed by atoms with Crippen molar-refractivity contribution >= 4 is 23.1 Å². The Bertz CT molecular complexity index is 311. The molecule has 1 fully saturated rings. The fourth-order valence-corrected chi connectivity index (χ4v) is 3.04. The van der Waals surface area contributed by atoms with Gasteiger partial charge in [0.1, 0.15) is 0 Å². The minimum absolute atomic E-state index is 0.0552. The number of thiocarbonyl (C=S) groups is 1. The Hall–Kier alpha value is -0.640. The average Bonchev–Trinajstić information content (AvgIpc) is 3.06. The molecule has 104 valence electrons. The van der Waals surface area contributed by atoms with Crippen molar-refractivity contribution in [1.82, 2.24) is 5.32 Å². The number of carbonyl (C=O) groups is 1. The van der Waals surface area contributed by atoms with Gasteiger partial charge < -0.3 is 11.1 Å². The molecule has 1 aliphatic carbocycles. The fraction of sp³-hybridized carbons (Fsp3) is 0.857. The van der Waals surface area contributed by atoms with Gasteiger partial charge in [-0.05, 0) is 25.2 Å². The third-order valence-electron chi connectivity index (χ3n) is 4.02. The molecule has 2 atom stereocenters. The first-order valence-corrected chi connectivity index (χ1v) is 7.53. The zero-order valence-corrected chi connectivity index (χ0v) is 12.6. The Kier molecular flexibility index (Phi) is 5.57.